The second-order valence-electron chi connectivity index (χ2n) is 5.13. The highest BCUT2D eigenvalue weighted by Gasteiger charge is 2.21. The summed E-state index contributed by atoms with van der Waals surface area (Å²) in [5.74, 6) is 0.566. The first-order valence-corrected chi connectivity index (χ1v) is 7.09. The smallest absolute Gasteiger partial charge is 0.252 e. The van der Waals surface area contributed by atoms with E-state index in [9.17, 15) is 4.79 Å². The van der Waals surface area contributed by atoms with E-state index >= 15 is 0 Å². The zero-order chi connectivity index (χ0) is 15.3. The van der Waals surface area contributed by atoms with Crippen LogP contribution >= 0.6 is 24.8 Å². The first-order chi connectivity index (χ1) is 10.1. The second kappa shape index (κ2) is 9.50. The highest BCUT2D eigenvalue weighted by Crippen LogP contribution is 2.10. The van der Waals surface area contributed by atoms with Gasteiger partial charge in [0.1, 0.15) is 12.1 Å². The van der Waals surface area contributed by atoms with Crippen molar-refractivity contribution in [2.45, 2.75) is 32.2 Å². The first kappa shape index (κ1) is 21.4. The molecule has 0 atom stereocenters. The zero-order valence-corrected chi connectivity index (χ0v) is 14.9. The Bertz CT molecular complexity index is 582. The molecule has 0 radical (unpaired) electrons. The van der Waals surface area contributed by atoms with E-state index < -0.39 is 0 Å². The van der Waals surface area contributed by atoms with Gasteiger partial charge in [0.25, 0.3) is 5.91 Å². The van der Waals surface area contributed by atoms with Gasteiger partial charge in [-0.1, -0.05) is 13.8 Å². The van der Waals surface area contributed by atoms with Gasteiger partial charge in [0.05, 0.1) is 5.56 Å². The quantitative estimate of drug-likeness (QED) is 0.828. The van der Waals surface area contributed by atoms with Crippen LogP contribution in [0.2, 0.25) is 0 Å². The number of carbonyl (C=O) groups excluding carboxylic acids is 1. The van der Waals surface area contributed by atoms with Gasteiger partial charge in [-0.05, 0) is 25.0 Å². The number of carbonyl (C=O) groups is 1. The number of halogens is 2. The SMILES string of the molecule is CCC(N)(CC)CNC(=O)c1ccc(-n2ccnc2)nc1.Cl.Cl. The molecule has 0 saturated carbocycles. The number of aromatic nitrogens is 3. The summed E-state index contributed by atoms with van der Waals surface area (Å²) in [5.41, 5.74) is 6.34. The molecule has 128 valence electrons. The highest BCUT2D eigenvalue weighted by molar-refractivity contribution is 5.94. The maximum absolute atomic E-state index is 12.1. The van der Waals surface area contributed by atoms with Gasteiger partial charge in [-0.25, -0.2) is 9.97 Å². The van der Waals surface area contributed by atoms with Crippen LogP contribution in [-0.4, -0.2) is 32.5 Å². The average molecular weight is 360 g/mol. The van der Waals surface area contributed by atoms with Crippen LogP contribution in [0.15, 0.2) is 37.1 Å². The minimum absolute atomic E-state index is 0. The summed E-state index contributed by atoms with van der Waals surface area (Å²) < 4.78 is 1.78. The van der Waals surface area contributed by atoms with Crippen LogP contribution in [0.1, 0.15) is 37.0 Å². The van der Waals surface area contributed by atoms with Gasteiger partial charge in [0.2, 0.25) is 0 Å². The Morgan fingerprint density at radius 2 is 2.00 bits per heavy atom. The minimum Gasteiger partial charge on any atom is -0.350 e. The maximum atomic E-state index is 12.1. The molecule has 0 aromatic carbocycles. The van der Waals surface area contributed by atoms with Crippen molar-refractivity contribution in [1.29, 1.82) is 0 Å². The number of nitrogens with one attached hydrogen (secondary N) is 1. The van der Waals surface area contributed by atoms with Crippen molar-refractivity contribution in [3.05, 3.63) is 42.6 Å². The van der Waals surface area contributed by atoms with E-state index in [1.54, 1.807) is 41.6 Å². The van der Waals surface area contributed by atoms with E-state index in [4.69, 9.17) is 5.73 Å². The summed E-state index contributed by atoms with van der Waals surface area (Å²) in [6.45, 7) is 4.51. The molecule has 8 heteroatoms. The number of amides is 1. The third-order valence-electron chi connectivity index (χ3n) is 3.79. The van der Waals surface area contributed by atoms with Gasteiger partial charge in [0.15, 0.2) is 0 Å². The van der Waals surface area contributed by atoms with E-state index in [1.165, 1.54) is 0 Å². The molecule has 0 fully saturated rings. The zero-order valence-electron chi connectivity index (χ0n) is 13.2. The van der Waals surface area contributed by atoms with E-state index in [1.807, 2.05) is 13.8 Å². The molecular weight excluding hydrogens is 337 g/mol. The fourth-order valence-corrected chi connectivity index (χ4v) is 1.93. The lowest BCUT2D eigenvalue weighted by Gasteiger charge is -2.26. The molecule has 0 aliphatic carbocycles. The summed E-state index contributed by atoms with van der Waals surface area (Å²) in [6.07, 6.45) is 8.34. The Morgan fingerprint density at radius 1 is 1.30 bits per heavy atom. The molecule has 2 aromatic heterocycles. The predicted molar refractivity (Wildman–Crippen MR) is 95.7 cm³/mol. The van der Waals surface area contributed by atoms with Gasteiger partial charge in [-0.15, -0.1) is 24.8 Å². The van der Waals surface area contributed by atoms with E-state index in [-0.39, 0.29) is 36.3 Å². The summed E-state index contributed by atoms with van der Waals surface area (Å²) in [6, 6.07) is 3.53. The summed E-state index contributed by atoms with van der Waals surface area (Å²) >= 11 is 0. The molecule has 0 aliphatic heterocycles. The number of hydrogen-bond donors (Lipinski definition) is 2. The van der Waals surface area contributed by atoms with Crippen LogP contribution < -0.4 is 11.1 Å². The van der Waals surface area contributed by atoms with Gasteiger partial charge in [-0.3, -0.25) is 9.36 Å². The number of hydrogen-bond acceptors (Lipinski definition) is 4. The summed E-state index contributed by atoms with van der Waals surface area (Å²) in [4.78, 5) is 20.3. The fourth-order valence-electron chi connectivity index (χ4n) is 1.93. The minimum atomic E-state index is -0.347. The molecule has 1 amide bonds. The predicted octanol–water partition coefficient (Wildman–Crippen LogP) is 2.36. The van der Waals surface area contributed by atoms with Crippen molar-refractivity contribution in [2.24, 2.45) is 5.73 Å². The highest BCUT2D eigenvalue weighted by atomic mass is 35.5. The molecule has 0 spiro atoms. The van der Waals surface area contributed by atoms with Crippen LogP contribution in [0.5, 0.6) is 0 Å². The monoisotopic (exact) mass is 359 g/mol. The van der Waals surface area contributed by atoms with E-state index in [2.05, 4.69) is 15.3 Å². The summed E-state index contributed by atoms with van der Waals surface area (Å²) in [5, 5.41) is 2.87. The molecule has 3 N–H and O–H groups in total. The molecule has 2 heterocycles. The molecule has 6 nitrogen and oxygen atoms in total. The van der Waals surface area contributed by atoms with Crippen molar-refractivity contribution >= 4 is 30.7 Å². The van der Waals surface area contributed by atoms with Crippen molar-refractivity contribution in [3.8, 4) is 5.82 Å². The van der Waals surface area contributed by atoms with Crippen LogP contribution in [0, 0.1) is 0 Å². The molecular formula is C15H23Cl2N5O. The van der Waals surface area contributed by atoms with Gasteiger partial charge in [-0.2, -0.15) is 0 Å². The Kier molecular flexibility index (Phi) is 8.82. The van der Waals surface area contributed by atoms with Crippen molar-refractivity contribution in [2.75, 3.05) is 6.54 Å². The number of rotatable bonds is 6. The van der Waals surface area contributed by atoms with Gasteiger partial charge in [0, 0.05) is 30.7 Å². The maximum Gasteiger partial charge on any atom is 0.252 e. The lowest BCUT2D eigenvalue weighted by atomic mass is 9.94. The van der Waals surface area contributed by atoms with Crippen LogP contribution in [0.25, 0.3) is 5.82 Å². The van der Waals surface area contributed by atoms with Crippen LogP contribution in [0.3, 0.4) is 0 Å². The molecule has 0 unspecified atom stereocenters. The Hall–Kier alpha value is -1.63. The van der Waals surface area contributed by atoms with E-state index in [0.717, 1.165) is 18.7 Å². The van der Waals surface area contributed by atoms with Crippen LogP contribution in [-0.2, 0) is 0 Å². The molecule has 2 aromatic rings. The fraction of sp³-hybridized carbons (Fsp3) is 0.400. The van der Waals surface area contributed by atoms with Crippen molar-refractivity contribution in [1.82, 2.24) is 19.9 Å². The second-order valence-corrected chi connectivity index (χ2v) is 5.13. The van der Waals surface area contributed by atoms with Crippen molar-refractivity contribution < 1.29 is 4.79 Å². The number of nitrogens with zero attached hydrogens (tertiary/aromatic N) is 3. The first-order valence-electron chi connectivity index (χ1n) is 7.09. The van der Waals surface area contributed by atoms with E-state index in [0.29, 0.717) is 12.1 Å². The molecule has 2 rings (SSSR count). The Labute approximate surface area is 148 Å². The normalized spacial score (nSPS) is 10.4. The standard InChI is InChI=1S/C15H21N5O.2ClH/c1-3-15(16,4-2)10-19-14(21)12-5-6-13(18-9-12)20-8-7-17-11-20;;/h5-9,11H,3-4,10,16H2,1-2H3,(H,19,21);2*1H. The molecule has 0 aliphatic rings. The molecule has 0 saturated heterocycles. The third kappa shape index (κ3) is 5.49. The van der Waals surface area contributed by atoms with Gasteiger partial charge >= 0.3 is 0 Å². The number of imidazole rings is 1. The van der Waals surface area contributed by atoms with Crippen molar-refractivity contribution in [3.63, 3.8) is 0 Å². The van der Waals surface area contributed by atoms with Gasteiger partial charge < -0.3 is 11.1 Å². The number of pyridine rings is 1. The topological polar surface area (TPSA) is 85.8 Å². The molecule has 23 heavy (non-hydrogen) atoms. The average Bonchev–Trinajstić information content (AvgIpc) is 3.07. The molecule has 0 bridgehead atoms. The largest absolute Gasteiger partial charge is 0.350 e. The Balaban J connectivity index is 0.00000242. The van der Waals surface area contributed by atoms with Crippen LogP contribution in [0.4, 0.5) is 0 Å². The summed E-state index contributed by atoms with van der Waals surface area (Å²) in [7, 11) is 0. The Morgan fingerprint density at radius 3 is 2.48 bits per heavy atom. The number of nitrogens with two attached hydrogens (primary N) is 1. The third-order valence-corrected chi connectivity index (χ3v) is 3.79. The lowest BCUT2D eigenvalue weighted by Crippen LogP contribution is -2.49. The lowest BCUT2D eigenvalue weighted by molar-refractivity contribution is 0.0942.